The molecule has 0 aliphatic carbocycles. The number of pyridine rings is 2. The zero-order valence-electron chi connectivity index (χ0n) is 15.0. The van der Waals surface area contributed by atoms with Gasteiger partial charge in [0.2, 0.25) is 5.82 Å². The van der Waals surface area contributed by atoms with Crippen LogP contribution < -0.4 is 5.32 Å². The molecule has 4 heterocycles. The molecule has 10 heteroatoms. The Labute approximate surface area is 168 Å². The molecule has 3 aromatic rings. The lowest BCUT2D eigenvalue weighted by Crippen LogP contribution is -2.37. The lowest BCUT2D eigenvalue weighted by Gasteiger charge is -2.40. The third kappa shape index (κ3) is 4.13. The number of imidazole rings is 1. The number of fused-ring (bicyclic) bond motifs is 1. The van der Waals surface area contributed by atoms with Crippen LogP contribution in [0.3, 0.4) is 0 Å². The van der Waals surface area contributed by atoms with Crippen molar-refractivity contribution in [2.24, 2.45) is 0 Å². The first kappa shape index (κ1) is 19.2. The highest BCUT2D eigenvalue weighted by atomic mass is 35.5. The second kappa shape index (κ2) is 7.69. The number of aromatic nitrogens is 3. The van der Waals surface area contributed by atoms with Gasteiger partial charge in [-0.2, -0.15) is 10.6 Å². The minimum atomic E-state index is -2.44. The van der Waals surface area contributed by atoms with Crippen molar-refractivity contribution in [3.63, 3.8) is 0 Å². The van der Waals surface area contributed by atoms with Crippen molar-refractivity contribution in [1.29, 1.82) is 0 Å². The minimum absolute atomic E-state index is 0.267. The van der Waals surface area contributed by atoms with E-state index in [9.17, 15) is 13.9 Å². The van der Waals surface area contributed by atoms with Crippen molar-refractivity contribution in [2.45, 2.75) is 6.54 Å². The Balaban J connectivity index is 1.57. The molecule has 0 saturated carbocycles. The van der Waals surface area contributed by atoms with Crippen LogP contribution in [0.2, 0.25) is 5.02 Å². The van der Waals surface area contributed by atoms with Gasteiger partial charge in [0.05, 0.1) is 27.7 Å². The number of nitrogens with zero attached hydrogens (tertiary/aromatic N) is 4. The van der Waals surface area contributed by atoms with Crippen molar-refractivity contribution in [1.82, 2.24) is 19.3 Å². The molecule has 4 rings (SSSR count). The molecule has 0 radical (unpaired) electrons. The third-order valence-electron chi connectivity index (χ3n) is 4.64. The first-order valence-corrected chi connectivity index (χ1v) is 11.0. The lowest BCUT2D eigenvalue weighted by atomic mass is 10.3. The zero-order valence-corrected chi connectivity index (χ0v) is 16.5. The fraction of sp³-hybridized carbons (Fsp3) is 0.278. The number of carbonyl (C=O) groups is 1. The molecule has 148 valence electrons. The molecule has 3 N–H and O–H groups in total. The molecule has 0 bridgehead atoms. The van der Waals surface area contributed by atoms with Gasteiger partial charge in [0, 0.05) is 32.0 Å². The molecule has 1 saturated heterocycles. The molecular formula is C18H20ClN5O3S. The molecule has 1 aliphatic heterocycles. The molecule has 1 aliphatic rings. The summed E-state index contributed by atoms with van der Waals surface area (Å²) in [5.41, 5.74) is 1.61. The fourth-order valence-corrected chi connectivity index (χ4v) is 4.55. The highest BCUT2D eigenvalue weighted by Gasteiger charge is 2.24. The van der Waals surface area contributed by atoms with Gasteiger partial charge in [-0.05, 0) is 24.3 Å². The summed E-state index contributed by atoms with van der Waals surface area (Å²) in [5.74, 6) is 1.03. The second-order valence-electron chi connectivity index (χ2n) is 6.64. The fourth-order valence-electron chi connectivity index (χ4n) is 3.13. The largest absolute Gasteiger partial charge is 0.304 e. The van der Waals surface area contributed by atoms with Crippen molar-refractivity contribution in [2.75, 3.05) is 29.9 Å². The van der Waals surface area contributed by atoms with E-state index in [1.165, 1.54) is 6.20 Å². The molecule has 0 unspecified atom stereocenters. The number of rotatable bonds is 4. The predicted octanol–water partition coefficient (Wildman–Crippen LogP) is 3.20. The monoisotopic (exact) mass is 421 g/mol. The number of hydrogen-bond acceptors (Lipinski definition) is 6. The van der Waals surface area contributed by atoms with E-state index in [0.29, 0.717) is 42.0 Å². The Morgan fingerprint density at radius 3 is 2.71 bits per heavy atom. The quantitative estimate of drug-likeness (QED) is 0.597. The second-order valence-corrected chi connectivity index (χ2v) is 9.50. The smallest absolute Gasteiger partial charge is 0.293 e. The van der Waals surface area contributed by atoms with Gasteiger partial charge in [-0.25, -0.2) is 9.97 Å². The van der Waals surface area contributed by atoms with Crippen LogP contribution in [0.1, 0.15) is 16.3 Å². The molecule has 3 aromatic heterocycles. The van der Waals surface area contributed by atoms with Crippen molar-refractivity contribution in [3.8, 4) is 0 Å². The van der Waals surface area contributed by atoms with Crippen LogP contribution in [0.25, 0.3) is 5.52 Å². The van der Waals surface area contributed by atoms with Gasteiger partial charge in [0.1, 0.15) is 5.82 Å². The molecule has 1 amide bonds. The van der Waals surface area contributed by atoms with Gasteiger partial charge in [-0.3, -0.25) is 23.2 Å². The van der Waals surface area contributed by atoms with Crippen LogP contribution in [0.15, 0.2) is 42.7 Å². The number of carbonyl (C=O) groups excluding carboxylic acids is 1. The summed E-state index contributed by atoms with van der Waals surface area (Å²) in [5, 5.41) is 3.23. The van der Waals surface area contributed by atoms with E-state index in [0.717, 1.165) is 11.2 Å². The molecule has 0 spiro atoms. The van der Waals surface area contributed by atoms with Crippen LogP contribution in [-0.4, -0.2) is 58.9 Å². The average molecular weight is 422 g/mol. The van der Waals surface area contributed by atoms with Crippen LogP contribution >= 0.6 is 22.2 Å². The van der Waals surface area contributed by atoms with Gasteiger partial charge >= 0.3 is 0 Å². The van der Waals surface area contributed by atoms with Crippen molar-refractivity contribution in [3.05, 3.63) is 59.3 Å². The number of anilines is 1. The van der Waals surface area contributed by atoms with Gasteiger partial charge in [0.15, 0.2) is 0 Å². The summed E-state index contributed by atoms with van der Waals surface area (Å²) < 4.78 is 21.3. The molecule has 8 nitrogen and oxygen atoms in total. The first-order chi connectivity index (χ1) is 13.4. The Kier molecular flexibility index (Phi) is 5.26. The van der Waals surface area contributed by atoms with E-state index in [1.807, 2.05) is 18.2 Å². The van der Waals surface area contributed by atoms with Crippen molar-refractivity contribution >= 4 is 39.4 Å². The van der Waals surface area contributed by atoms with Crippen LogP contribution in [0.5, 0.6) is 0 Å². The zero-order chi connectivity index (χ0) is 19.7. The number of nitrogens with one attached hydrogen (secondary N) is 1. The maximum Gasteiger partial charge on any atom is 0.293 e. The summed E-state index contributed by atoms with van der Waals surface area (Å²) in [6, 6.07) is 8.93. The van der Waals surface area contributed by atoms with Gasteiger partial charge < -0.3 is 5.32 Å². The lowest BCUT2D eigenvalue weighted by molar-refractivity contribution is 0.101. The highest BCUT2D eigenvalue weighted by molar-refractivity contribution is 8.24. The molecule has 1 fully saturated rings. The van der Waals surface area contributed by atoms with Gasteiger partial charge in [0.25, 0.3) is 5.91 Å². The molecule has 28 heavy (non-hydrogen) atoms. The van der Waals surface area contributed by atoms with E-state index in [4.69, 9.17) is 11.6 Å². The topological polar surface area (TPSA) is 103 Å². The summed E-state index contributed by atoms with van der Waals surface area (Å²) in [4.78, 5) is 23.5. The van der Waals surface area contributed by atoms with E-state index in [-0.39, 0.29) is 11.7 Å². The Morgan fingerprint density at radius 1 is 1.21 bits per heavy atom. The number of hydrogen-bond donors (Lipinski definition) is 3. The van der Waals surface area contributed by atoms with E-state index in [1.54, 1.807) is 22.7 Å². The Bertz CT molecular complexity index is 998. The Hall–Kier alpha value is -2.17. The van der Waals surface area contributed by atoms with Crippen LogP contribution in [-0.2, 0) is 6.54 Å². The molecular weight excluding hydrogens is 402 g/mol. The van der Waals surface area contributed by atoms with Crippen molar-refractivity contribution < 1.29 is 13.9 Å². The van der Waals surface area contributed by atoms with E-state index < -0.39 is 10.6 Å². The standard InChI is InChI=1S/C18H20ClN5O3S/c19-13-4-5-16(20-11-13)22-18(25)17-21-14(15-3-1-2-6-24(15)17)12-23-7-9-28(26,27)10-8-23/h1-6,11,26-27H,7-10,12H2,(H,20,22,25). The summed E-state index contributed by atoms with van der Waals surface area (Å²) >= 11 is 5.83. The molecule has 0 aromatic carbocycles. The van der Waals surface area contributed by atoms with Gasteiger partial charge in [-0.15, -0.1) is 0 Å². The average Bonchev–Trinajstić information content (AvgIpc) is 3.04. The summed E-state index contributed by atoms with van der Waals surface area (Å²) in [7, 11) is -2.44. The Morgan fingerprint density at radius 2 is 2.00 bits per heavy atom. The summed E-state index contributed by atoms with van der Waals surface area (Å²) in [6.45, 7) is 1.71. The molecule has 0 atom stereocenters. The van der Waals surface area contributed by atoms with Crippen LogP contribution in [0.4, 0.5) is 5.82 Å². The normalized spacial score (nSPS) is 18.1. The maximum atomic E-state index is 12.8. The first-order valence-electron chi connectivity index (χ1n) is 8.76. The maximum absolute atomic E-state index is 12.8. The predicted molar refractivity (Wildman–Crippen MR) is 110 cm³/mol. The van der Waals surface area contributed by atoms with Gasteiger partial charge in [-0.1, -0.05) is 17.7 Å². The number of amides is 1. The van der Waals surface area contributed by atoms with E-state index in [2.05, 4.69) is 20.2 Å². The SMILES string of the molecule is O=C(Nc1ccc(Cl)cn1)c1nc(CN2CCS(O)(O)CC2)c2ccccn12. The summed E-state index contributed by atoms with van der Waals surface area (Å²) in [6.07, 6.45) is 3.26. The minimum Gasteiger partial charge on any atom is -0.304 e. The highest BCUT2D eigenvalue weighted by Crippen LogP contribution is 2.40. The van der Waals surface area contributed by atoms with Crippen LogP contribution in [0, 0.1) is 0 Å². The third-order valence-corrected chi connectivity index (χ3v) is 6.54. The number of halogens is 1. The van der Waals surface area contributed by atoms with E-state index >= 15 is 0 Å².